The lowest BCUT2D eigenvalue weighted by Crippen LogP contribution is -2.35. The van der Waals surface area contributed by atoms with Crippen LogP contribution in [0.2, 0.25) is 0 Å². The first-order valence-electron chi connectivity index (χ1n) is 4.28. The van der Waals surface area contributed by atoms with Gasteiger partial charge in [0.2, 0.25) is 5.95 Å². The minimum Gasteiger partial charge on any atom is -0.394 e. The largest absolute Gasteiger partial charge is 0.394 e. The van der Waals surface area contributed by atoms with E-state index in [-0.39, 0.29) is 6.61 Å². The second-order valence-corrected chi connectivity index (χ2v) is 3.02. The number of carbonyl (C=O) groups excluding carboxylic acids is 1. The maximum absolute atomic E-state index is 13.0. The second kappa shape index (κ2) is 4.79. The van der Waals surface area contributed by atoms with Crippen LogP contribution < -0.4 is 5.32 Å². The molecule has 0 aliphatic carbocycles. The van der Waals surface area contributed by atoms with E-state index in [9.17, 15) is 13.6 Å². The third-order valence-corrected chi connectivity index (χ3v) is 1.74. The van der Waals surface area contributed by atoms with Gasteiger partial charge in [-0.15, -0.1) is 0 Å². The number of amides is 1. The summed E-state index contributed by atoms with van der Waals surface area (Å²) >= 11 is 0. The van der Waals surface area contributed by atoms with Crippen LogP contribution in [0, 0.1) is 11.8 Å². The van der Waals surface area contributed by atoms with Crippen molar-refractivity contribution in [2.24, 2.45) is 0 Å². The number of aliphatic hydroxyl groups excluding tert-OH is 1. The third-order valence-electron chi connectivity index (χ3n) is 1.74. The van der Waals surface area contributed by atoms with Crippen molar-refractivity contribution in [3.63, 3.8) is 0 Å². The fourth-order valence-electron chi connectivity index (χ4n) is 0.941. The molecule has 1 aromatic heterocycles. The summed E-state index contributed by atoms with van der Waals surface area (Å²) in [5.74, 6) is -3.39. The number of rotatable bonds is 3. The zero-order valence-electron chi connectivity index (χ0n) is 8.00. The lowest BCUT2D eigenvalue weighted by atomic mass is 10.2. The van der Waals surface area contributed by atoms with Gasteiger partial charge in [-0.25, -0.2) is 9.37 Å². The molecule has 0 fully saturated rings. The van der Waals surface area contributed by atoms with Crippen molar-refractivity contribution in [1.82, 2.24) is 10.3 Å². The highest BCUT2D eigenvalue weighted by Gasteiger charge is 2.17. The summed E-state index contributed by atoms with van der Waals surface area (Å²) in [6, 6.07) is 0.547. The topological polar surface area (TPSA) is 62.2 Å². The number of pyridine rings is 1. The molecular formula is C9H10F2N2O2. The van der Waals surface area contributed by atoms with E-state index in [1.54, 1.807) is 0 Å². The minimum absolute atomic E-state index is 0.277. The Morgan fingerprint density at radius 3 is 2.93 bits per heavy atom. The van der Waals surface area contributed by atoms with Gasteiger partial charge in [0, 0.05) is 12.2 Å². The van der Waals surface area contributed by atoms with E-state index in [0.717, 1.165) is 12.3 Å². The number of aromatic nitrogens is 1. The minimum atomic E-state index is -1.32. The Bertz CT molecular complexity index is 371. The lowest BCUT2D eigenvalue weighted by Gasteiger charge is -2.10. The molecular weight excluding hydrogens is 206 g/mol. The quantitative estimate of drug-likeness (QED) is 0.722. The SMILES string of the molecule is CC(CO)NC(=O)c1ccnc(F)c1F. The van der Waals surface area contributed by atoms with Crippen LogP contribution in [-0.2, 0) is 0 Å². The van der Waals surface area contributed by atoms with E-state index in [2.05, 4.69) is 10.3 Å². The van der Waals surface area contributed by atoms with Crippen molar-refractivity contribution in [3.05, 3.63) is 29.6 Å². The molecule has 0 saturated heterocycles. The molecule has 0 radical (unpaired) electrons. The van der Waals surface area contributed by atoms with Gasteiger partial charge in [-0.3, -0.25) is 4.79 Å². The Hall–Kier alpha value is -1.56. The summed E-state index contributed by atoms with van der Waals surface area (Å²) < 4.78 is 25.7. The number of nitrogens with zero attached hydrogens (tertiary/aromatic N) is 1. The molecule has 1 atom stereocenters. The zero-order chi connectivity index (χ0) is 11.4. The highest BCUT2D eigenvalue weighted by molar-refractivity contribution is 5.94. The van der Waals surface area contributed by atoms with Crippen molar-refractivity contribution in [3.8, 4) is 0 Å². The molecule has 0 aliphatic heterocycles. The Morgan fingerprint density at radius 2 is 2.33 bits per heavy atom. The van der Waals surface area contributed by atoms with E-state index < -0.39 is 29.3 Å². The van der Waals surface area contributed by atoms with Gasteiger partial charge in [-0.2, -0.15) is 4.39 Å². The van der Waals surface area contributed by atoms with Gasteiger partial charge in [0.05, 0.1) is 12.2 Å². The molecule has 1 rings (SSSR count). The normalized spacial score (nSPS) is 12.3. The van der Waals surface area contributed by atoms with Gasteiger partial charge < -0.3 is 10.4 Å². The van der Waals surface area contributed by atoms with Crippen LogP contribution in [0.3, 0.4) is 0 Å². The average molecular weight is 216 g/mol. The van der Waals surface area contributed by atoms with Gasteiger partial charge in [0.15, 0.2) is 5.82 Å². The standard InChI is InChI=1S/C9H10F2N2O2/c1-5(4-14)13-9(15)6-2-3-12-8(11)7(6)10/h2-3,5,14H,4H2,1H3,(H,13,15). The highest BCUT2D eigenvalue weighted by Crippen LogP contribution is 2.08. The molecule has 0 aliphatic rings. The van der Waals surface area contributed by atoms with Gasteiger partial charge >= 0.3 is 0 Å². The van der Waals surface area contributed by atoms with Crippen LogP contribution in [0.1, 0.15) is 17.3 Å². The number of hydrogen-bond acceptors (Lipinski definition) is 3. The van der Waals surface area contributed by atoms with E-state index >= 15 is 0 Å². The van der Waals surface area contributed by atoms with Crippen molar-refractivity contribution < 1.29 is 18.7 Å². The molecule has 0 spiro atoms. The summed E-state index contributed by atoms with van der Waals surface area (Å²) in [5, 5.41) is 11.0. The number of nitrogens with one attached hydrogen (secondary N) is 1. The number of carbonyl (C=O) groups is 1. The number of hydrogen-bond donors (Lipinski definition) is 2. The van der Waals surface area contributed by atoms with Crippen molar-refractivity contribution in [2.45, 2.75) is 13.0 Å². The summed E-state index contributed by atoms with van der Waals surface area (Å²) in [6.45, 7) is 1.26. The van der Waals surface area contributed by atoms with E-state index in [1.165, 1.54) is 6.92 Å². The Labute approximate surface area is 84.9 Å². The third kappa shape index (κ3) is 2.69. The molecule has 15 heavy (non-hydrogen) atoms. The molecule has 0 saturated carbocycles. The first-order valence-corrected chi connectivity index (χ1v) is 4.28. The first kappa shape index (κ1) is 11.5. The van der Waals surface area contributed by atoms with Crippen LogP contribution in [0.5, 0.6) is 0 Å². The molecule has 1 heterocycles. The first-order chi connectivity index (χ1) is 7.06. The summed E-state index contributed by atoms with van der Waals surface area (Å²) in [7, 11) is 0. The fourth-order valence-corrected chi connectivity index (χ4v) is 0.941. The molecule has 4 nitrogen and oxygen atoms in total. The second-order valence-electron chi connectivity index (χ2n) is 3.02. The summed E-state index contributed by atoms with van der Waals surface area (Å²) in [6.07, 6.45) is 0.997. The van der Waals surface area contributed by atoms with E-state index in [1.807, 2.05) is 0 Å². The Balaban J connectivity index is 2.87. The van der Waals surface area contributed by atoms with Gasteiger partial charge in [0.25, 0.3) is 5.91 Å². The Kier molecular flexibility index (Phi) is 3.68. The van der Waals surface area contributed by atoms with Crippen LogP contribution in [0.25, 0.3) is 0 Å². The van der Waals surface area contributed by atoms with Crippen molar-refractivity contribution in [2.75, 3.05) is 6.61 Å². The molecule has 82 valence electrons. The average Bonchev–Trinajstić information content (AvgIpc) is 2.21. The monoisotopic (exact) mass is 216 g/mol. The molecule has 0 aromatic carbocycles. The molecule has 1 aromatic rings. The molecule has 6 heteroatoms. The van der Waals surface area contributed by atoms with E-state index in [4.69, 9.17) is 5.11 Å². The maximum Gasteiger partial charge on any atom is 0.254 e. The van der Waals surface area contributed by atoms with Gasteiger partial charge in [-0.1, -0.05) is 0 Å². The lowest BCUT2D eigenvalue weighted by molar-refractivity contribution is 0.0916. The van der Waals surface area contributed by atoms with Crippen molar-refractivity contribution >= 4 is 5.91 Å². The predicted octanol–water partition coefficient (Wildman–Crippen LogP) is 0.470. The van der Waals surface area contributed by atoms with Crippen molar-refractivity contribution in [1.29, 1.82) is 0 Å². The Morgan fingerprint density at radius 1 is 1.67 bits per heavy atom. The molecule has 1 unspecified atom stereocenters. The number of aliphatic hydroxyl groups is 1. The summed E-state index contributed by atoms with van der Waals surface area (Å²) in [4.78, 5) is 14.4. The number of halogens is 2. The van der Waals surface area contributed by atoms with Crippen LogP contribution in [0.15, 0.2) is 12.3 Å². The summed E-state index contributed by atoms with van der Waals surface area (Å²) in [5.41, 5.74) is -0.428. The molecule has 1 amide bonds. The maximum atomic E-state index is 13.0. The predicted molar refractivity (Wildman–Crippen MR) is 48.2 cm³/mol. The fraction of sp³-hybridized carbons (Fsp3) is 0.333. The van der Waals surface area contributed by atoms with Crippen LogP contribution in [-0.4, -0.2) is 28.6 Å². The van der Waals surface area contributed by atoms with Crippen LogP contribution in [0.4, 0.5) is 8.78 Å². The van der Waals surface area contributed by atoms with E-state index in [0.29, 0.717) is 0 Å². The molecule has 2 N–H and O–H groups in total. The smallest absolute Gasteiger partial charge is 0.254 e. The van der Waals surface area contributed by atoms with Gasteiger partial charge in [-0.05, 0) is 13.0 Å². The molecule has 0 bridgehead atoms. The van der Waals surface area contributed by atoms with Gasteiger partial charge in [0.1, 0.15) is 0 Å². The zero-order valence-corrected chi connectivity index (χ0v) is 8.00. The van der Waals surface area contributed by atoms with Crippen LogP contribution >= 0.6 is 0 Å². The highest BCUT2D eigenvalue weighted by atomic mass is 19.2.